The first kappa shape index (κ1) is 39.8. The Kier molecular flexibility index (Phi) is 10.6. The fraction of sp³-hybridized carbons (Fsp3) is 0.0526. The molecule has 0 amide bonds. The van der Waals surface area contributed by atoms with Crippen LogP contribution < -0.4 is 9.30 Å². The van der Waals surface area contributed by atoms with Gasteiger partial charge in [-0.05, 0) is 87.1 Å². The molecule has 0 saturated carbocycles. The first-order chi connectivity index (χ1) is 30.6. The summed E-state index contributed by atoms with van der Waals surface area (Å²) in [6.07, 6.45) is 6.60. The summed E-state index contributed by atoms with van der Waals surface area (Å²) in [5.41, 5.74) is 15.1. The molecule has 3 heterocycles. The second kappa shape index (κ2) is 16.9. The van der Waals surface area contributed by atoms with E-state index in [1.807, 2.05) is 30.5 Å². The summed E-state index contributed by atoms with van der Waals surface area (Å²) in [6.45, 7) is 4.33. The third-order valence-electron chi connectivity index (χ3n) is 11.7. The molecule has 0 bridgehead atoms. The van der Waals surface area contributed by atoms with Crippen LogP contribution in [-0.2, 0) is 27.5 Å². The smallest absolute Gasteiger partial charge is 0.268 e. The molecular formula is C57H40N4OPt-2. The summed E-state index contributed by atoms with van der Waals surface area (Å²) in [6, 6.07) is 72.9. The number of nitrogens with zero attached hydrogens (tertiary/aromatic N) is 4. The number of para-hydroxylation sites is 2. The predicted molar refractivity (Wildman–Crippen MR) is 250 cm³/mol. The summed E-state index contributed by atoms with van der Waals surface area (Å²) >= 11 is 0. The van der Waals surface area contributed by atoms with Gasteiger partial charge in [0.15, 0.2) is 0 Å². The van der Waals surface area contributed by atoms with Crippen molar-refractivity contribution in [3.05, 3.63) is 224 Å². The molecule has 306 valence electrons. The number of rotatable bonds is 9. The van der Waals surface area contributed by atoms with Crippen molar-refractivity contribution in [1.29, 1.82) is 0 Å². The number of pyridine rings is 1. The van der Waals surface area contributed by atoms with E-state index in [9.17, 15) is 0 Å². The zero-order valence-electron chi connectivity index (χ0n) is 34.7. The maximum Gasteiger partial charge on any atom is 0.268 e. The van der Waals surface area contributed by atoms with Gasteiger partial charge in [-0.15, -0.1) is 29.7 Å². The topological polar surface area (TPSA) is 35.9 Å². The van der Waals surface area contributed by atoms with Gasteiger partial charge in [0.1, 0.15) is 5.82 Å². The Bertz CT molecular complexity index is 3370. The molecule has 0 N–H and O–H groups in total. The molecule has 0 aliphatic heterocycles. The summed E-state index contributed by atoms with van der Waals surface area (Å²) in [5, 5.41) is 2.20. The number of ether oxygens (including phenoxy) is 1. The number of aromatic nitrogens is 4. The van der Waals surface area contributed by atoms with Crippen LogP contribution >= 0.6 is 0 Å². The Hall–Kier alpha value is -7.33. The van der Waals surface area contributed by atoms with E-state index in [-0.39, 0.29) is 21.1 Å². The SMILES string of the molecule is CCc1ccnc(-n2c3[c-]c(Oc4[c-]c(-n5[c-][n+](-c6c(-c7ccccc7)cccc6-c6ccccc6)c6c(C)cccc65)ccc4)ccc3c3cc(-c4ccccc4)ccc32)c1.[Pt]. The molecular weight excluding hydrogens is 952 g/mol. The fourth-order valence-corrected chi connectivity index (χ4v) is 8.73. The molecule has 11 aromatic rings. The van der Waals surface area contributed by atoms with E-state index in [4.69, 9.17) is 9.72 Å². The number of fused-ring (bicyclic) bond motifs is 4. The van der Waals surface area contributed by atoms with Crippen LogP contribution in [0.5, 0.6) is 11.5 Å². The van der Waals surface area contributed by atoms with Crippen LogP contribution in [-0.4, -0.2) is 14.1 Å². The first-order valence-corrected chi connectivity index (χ1v) is 21.0. The van der Waals surface area contributed by atoms with Crippen molar-refractivity contribution >= 4 is 32.8 Å². The van der Waals surface area contributed by atoms with Crippen LogP contribution in [0.2, 0.25) is 0 Å². The molecule has 0 aliphatic carbocycles. The number of benzene rings is 8. The van der Waals surface area contributed by atoms with Crippen molar-refractivity contribution in [1.82, 2.24) is 14.1 Å². The third-order valence-corrected chi connectivity index (χ3v) is 11.7. The van der Waals surface area contributed by atoms with Crippen LogP contribution in [0.1, 0.15) is 18.1 Å². The molecule has 6 heteroatoms. The van der Waals surface area contributed by atoms with E-state index in [1.165, 1.54) is 11.1 Å². The Morgan fingerprint density at radius 3 is 1.95 bits per heavy atom. The first-order valence-electron chi connectivity index (χ1n) is 21.0. The largest absolute Gasteiger partial charge is 0.510 e. The van der Waals surface area contributed by atoms with Crippen LogP contribution in [0, 0.1) is 25.4 Å². The van der Waals surface area contributed by atoms with Gasteiger partial charge in [0.25, 0.3) is 6.33 Å². The number of hydrogen-bond acceptors (Lipinski definition) is 2. The minimum Gasteiger partial charge on any atom is -0.510 e. The van der Waals surface area contributed by atoms with Gasteiger partial charge in [0.05, 0.1) is 16.7 Å². The summed E-state index contributed by atoms with van der Waals surface area (Å²) < 4.78 is 13.2. The normalized spacial score (nSPS) is 11.3. The molecule has 0 radical (unpaired) electrons. The monoisotopic (exact) mass is 991 g/mol. The number of aryl methyl sites for hydroxylation is 2. The van der Waals surface area contributed by atoms with Crippen molar-refractivity contribution in [2.24, 2.45) is 0 Å². The maximum atomic E-state index is 6.68. The molecule has 0 atom stereocenters. The van der Waals surface area contributed by atoms with E-state index in [2.05, 4.69) is 210 Å². The van der Waals surface area contributed by atoms with Crippen molar-refractivity contribution in [3.63, 3.8) is 0 Å². The zero-order chi connectivity index (χ0) is 41.6. The van der Waals surface area contributed by atoms with E-state index in [1.54, 1.807) is 0 Å². The summed E-state index contributed by atoms with van der Waals surface area (Å²) in [5.74, 6) is 2.01. The van der Waals surface area contributed by atoms with Gasteiger partial charge in [-0.2, -0.15) is 18.2 Å². The average molecular weight is 992 g/mol. The van der Waals surface area contributed by atoms with Gasteiger partial charge >= 0.3 is 0 Å². The summed E-state index contributed by atoms with van der Waals surface area (Å²) in [4.78, 5) is 4.86. The van der Waals surface area contributed by atoms with E-state index >= 15 is 0 Å². The molecule has 5 nitrogen and oxygen atoms in total. The van der Waals surface area contributed by atoms with Gasteiger partial charge < -0.3 is 13.9 Å². The Morgan fingerprint density at radius 2 is 1.24 bits per heavy atom. The van der Waals surface area contributed by atoms with Gasteiger partial charge in [-0.25, -0.2) is 4.98 Å². The van der Waals surface area contributed by atoms with Gasteiger partial charge in [0, 0.05) is 44.3 Å². The van der Waals surface area contributed by atoms with Gasteiger partial charge in [-0.3, -0.25) is 4.57 Å². The van der Waals surface area contributed by atoms with Crippen LogP contribution in [0.25, 0.3) is 83.4 Å². The molecule has 0 spiro atoms. The molecule has 8 aromatic carbocycles. The molecule has 11 rings (SSSR count). The molecule has 63 heavy (non-hydrogen) atoms. The maximum absolute atomic E-state index is 6.68. The average Bonchev–Trinajstić information content (AvgIpc) is 3.88. The summed E-state index contributed by atoms with van der Waals surface area (Å²) in [7, 11) is 0. The number of imidazole rings is 1. The van der Waals surface area contributed by atoms with E-state index in [0.29, 0.717) is 11.5 Å². The minimum absolute atomic E-state index is 0. The minimum atomic E-state index is 0. The van der Waals surface area contributed by atoms with Crippen LogP contribution in [0.15, 0.2) is 194 Å². The molecule has 0 fully saturated rings. The second-order valence-electron chi connectivity index (χ2n) is 15.5. The van der Waals surface area contributed by atoms with Crippen LogP contribution in [0.3, 0.4) is 0 Å². The quantitative estimate of drug-likeness (QED) is 0.107. The molecule has 0 aliphatic rings. The van der Waals surface area contributed by atoms with Crippen molar-refractivity contribution in [2.75, 3.05) is 0 Å². The molecule has 3 aromatic heterocycles. The fourth-order valence-electron chi connectivity index (χ4n) is 8.73. The molecule has 0 saturated heterocycles. The van der Waals surface area contributed by atoms with Gasteiger partial charge in [0.2, 0.25) is 0 Å². The zero-order valence-corrected chi connectivity index (χ0v) is 37.0. The number of hydrogen-bond donors (Lipinski definition) is 0. The Balaban J connectivity index is 0.00000471. The van der Waals surface area contributed by atoms with Crippen molar-refractivity contribution in [3.8, 4) is 62.1 Å². The third kappa shape index (κ3) is 7.25. The van der Waals surface area contributed by atoms with Crippen LogP contribution in [0.4, 0.5) is 0 Å². The van der Waals surface area contributed by atoms with Crippen molar-refractivity contribution in [2.45, 2.75) is 20.3 Å². The molecule has 0 unspecified atom stereocenters. The Morgan fingerprint density at radius 1 is 0.571 bits per heavy atom. The predicted octanol–water partition coefficient (Wildman–Crippen LogP) is 13.5. The van der Waals surface area contributed by atoms with Gasteiger partial charge in [-0.1, -0.05) is 152 Å². The Labute approximate surface area is 381 Å². The standard InChI is InChI=1S/C57H40N4O.Pt/c1-3-40-32-33-58-55(34-40)61-52-31-28-44(41-17-7-4-8-18-41)35-51(52)50-30-29-47(37-54(50)61)62-46-24-14-23-45(36-46)59-38-60(56-39(2)16-13-27-53(56)59)57-48(42-19-9-5-10-20-42)25-15-26-49(57)43-21-11-6-12-22-43;/h4-35H,3H2,1-2H3;/q-2;. The van der Waals surface area contributed by atoms with E-state index in [0.717, 1.165) is 89.8 Å². The van der Waals surface area contributed by atoms with E-state index < -0.39 is 0 Å². The van der Waals surface area contributed by atoms with Crippen molar-refractivity contribution < 1.29 is 30.4 Å². The second-order valence-corrected chi connectivity index (χ2v) is 15.5.